The molecule has 0 atom stereocenters. The maximum absolute atomic E-state index is 12.7. The quantitative estimate of drug-likeness (QED) is 0.852. The van der Waals surface area contributed by atoms with E-state index in [4.69, 9.17) is 4.74 Å². The lowest BCUT2D eigenvalue weighted by atomic mass is 10.2. The zero-order valence-corrected chi connectivity index (χ0v) is 10.9. The number of rotatable bonds is 5. The molecule has 20 heavy (non-hydrogen) atoms. The van der Waals surface area contributed by atoms with Crippen LogP contribution in [0.5, 0.6) is 0 Å². The maximum Gasteiger partial charge on any atom is 0.248 e. The topological polar surface area (TPSA) is 56.1 Å². The first-order valence-corrected chi connectivity index (χ1v) is 5.93. The normalized spacial score (nSPS) is 10.9. The third-order valence-corrected chi connectivity index (χ3v) is 2.46. The van der Waals surface area contributed by atoms with E-state index in [0.29, 0.717) is 12.4 Å². The number of ether oxygens (including phenoxy) is 1. The number of anilines is 1. The van der Waals surface area contributed by atoms with Gasteiger partial charge in [-0.3, -0.25) is 4.79 Å². The van der Waals surface area contributed by atoms with Crippen LogP contribution in [0.4, 0.5) is 10.1 Å². The molecule has 0 fully saturated rings. The summed E-state index contributed by atoms with van der Waals surface area (Å²) in [5, 5.41) is 6.66. The van der Waals surface area contributed by atoms with E-state index >= 15 is 0 Å². The third-order valence-electron chi connectivity index (χ3n) is 2.46. The van der Waals surface area contributed by atoms with Gasteiger partial charge in [-0.05, 0) is 23.8 Å². The van der Waals surface area contributed by atoms with Crippen molar-refractivity contribution in [2.45, 2.75) is 6.73 Å². The Hall–Kier alpha value is -2.47. The predicted octanol–water partition coefficient (Wildman–Crippen LogP) is 2.28. The first-order valence-electron chi connectivity index (χ1n) is 5.93. The lowest BCUT2D eigenvalue weighted by Gasteiger charge is -1.98. The van der Waals surface area contributed by atoms with Crippen LogP contribution < -0.4 is 5.32 Å². The summed E-state index contributed by atoms with van der Waals surface area (Å²) >= 11 is 0. The zero-order chi connectivity index (χ0) is 14.4. The van der Waals surface area contributed by atoms with Gasteiger partial charge in [0.05, 0.1) is 18.1 Å². The second-order valence-corrected chi connectivity index (χ2v) is 4.06. The third kappa shape index (κ3) is 4.03. The van der Waals surface area contributed by atoms with Crippen molar-refractivity contribution in [3.05, 3.63) is 54.1 Å². The number of amides is 1. The van der Waals surface area contributed by atoms with Crippen molar-refractivity contribution in [1.82, 2.24) is 9.78 Å². The average molecular weight is 275 g/mol. The van der Waals surface area contributed by atoms with Gasteiger partial charge < -0.3 is 10.1 Å². The fraction of sp³-hybridized carbons (Fsp3) is 0.143. The number of nitrogens with one attached hydrogen (secondary N) is 1. The molecule has 0 radical (unpaired) electrons. The van der Waals surface area contributed by atoms with Crippen molar-refractivity contribution in [2.24, 2.45) is 0 Å². The average Bonchev–Trinajstić information content (AvgIpc) is 2.86. The highest BCUT2D eigenvalue weighted by molar-refractivity contribution is 6.01. The van der Waals surface area contributed by atoms with Crippen LogP contribution in [-0.2, 0) is 16.3 Å². The monoisotopic (exact) mass is 275 g/mol. The van der Waals surface area contributed by atoms with E-state index in [1.807, 2.05) is 0 Å². The number of carbonyl (C=O) groups is 1. The Morgan fingerprint density at radius 2 is 2.20 bits per heavy atom. The summed E-state index contributed by atoms with van der Waals surface area (Å²) in [4.78, 5) is 11.7. The highest BCUT2D eigenvalue weighted by atomic mass is 19.1. The van der Waals surface area contributed by atoms with Gasteiger partial charge in [0, 0.05) is 13.2 Å². The standard InChI is InChI=1S/C14H14FN3O2/c1-20-10-18-9-13(8-16-18)17-14(19)7-4-11-2-5-12(15)6-3-11/h2-9H,10H2,1H3,(H,17,19)/b7-4+. The minimum Gasteiger partial charge on any atom is -0.362 e. The van der Waals surface area contributed by atoms with Gasteiger partial charge in [-0.25, -0.2) is 9.07 Å². The molecule has 0 bridgehead atoms. The second kappa shape index (κ2) is 6.63. The van der Waals surface area contributed by atoms with Crippen LogP contribution in [0.1, 0.15) is 5.56 Å². The van der Waals surface area contributed by atoms with Crippen LogP contribution in [0.25, 0.3) is 6.08 Å². The molecule has 0 unspecified atom stereocenters. The summed E-state index contributed by atoms with van der Waals surface area (Å²) in [6.45, 7) is 0.321. The lowest BCUT2D eigenvalue weighted by Crippen LogP contribution is -2.07. The summed E-state index contributed by atoms with van der Waals surface area (Å²) < 4.78 is 19.2. The molecule has 2 rings (SSSR count). The lowest BCUT2D eigenvalue weighted by molar-refractivity contribution is -0.111. The molecule has 0 spiro atoms. The first-order chi connectivity index (χ1) is 9.67. The molecule has 1 aromatic heterocycles. The van der Waals surface area contributed by atoms with E-state index in [-0.39, 0.29) is 11.7 Å². The largest absolute Gasteiger partial charge is 0.362 e. The number of halogens is 1. The molecule has 6 heteroatoms. The Balaban J connectivity index is 1.92. The summed E-state index contributed by atoms with van der Waals surface area (Å²) in [7, 11) is 1.56. The molecule has 1 amide bonds. The number of hydrogen-bond acceptors (Lipinski definition) is 3. The van der Waals surface area contributed by atoms with Crippen molar-refractivity contribution in [2.75, 3.05) is 12.4 Å². The van der Waals surface area contributed by atoms with Gasteiger partial charge in [0.15, 0.2) is 0 Å². The molecule has 2 aromatic rings. The van der Waals surface area contributed by atoms with Gasteiger partial charge in [-0.2, -0.15) is 5.10 Å². The van der Waals surface area contributed by atoms with Crippen LogP contribution in [-0.4, -0.2) is 22.8 Å². The first kappa shape index (κ1) is 14.0. The van der Waals surface area contributed by atoms with Gasteiger partial charge in [0.1, 0.15) is 12.5 Å². The number of hydrogen-bond donors (Lipinski definition) is 1. The van der Waals surface area contributed by atoms with Crippen molar-refractivity contribution >= 4 is 17.7 Å². The van der Waals surface area contributed by atoms with Gasteiger partial charge in [-0.1, -0.05) is 12.1 Å². The maximum atomic E-state index is 12.7. The SMILES string of the molecule is COCn1cc(NC(=O)/C=C/c2ccc(F)cc2)cn1. The molecular formula is C14H14FN3O2. The highest BCUT2D eigenvalue weighted by Gasteiger charge is 2.01. The molecule has 1 heterocycles. The number of benzene rings is 1. The molecule has 0 saturated carbocycles. The molecule has 104 valence electrons. The minimum absolute atomic E-state index is 0.286. The molecular weight excluding hydrogens is 261 g/mol. The van der Waals surface area contributed by atoms with Gasteiger partial charge in [0.25, 0.3) is 0 Å². The fourth-order valence-corrected chi connectivity index (χ4v) is 1.56. The van der Waals surface area contributed by atoms with E-state index in [9.17, 15) is 9.18 Å². The highest BCUT2D eigenvalue weighted by Crippen LogP contribution is 2.07. The van der Waals surface area contributed by atoms with Crippen molar-refractivity contribution in [3.8, 4) is 0 Å². The van der Waals surface area contributed by atoms with E-state index in [0.717, 1.165) is 5.56 Å². The molecule has 0 saturated heterocycles. The van der Waals surface area contributed by atoms with Crippen LogP contribution >= 0.6 is 0 Å². The fourth-order valence-electron chi connectivity index (χ4n) is 1.56. The van der Waals surface area contributed by atoms with Crippen molar-refractivity contribution < 1.29 is 13.9 Å². The summed E-state index contributed by atoms with van der Waals surface area (Å²) in [6.07, 6.45) is 6.17. The molecule has 1 N–H and O–H groups in total. The number of carbonyl (C=O) groups excluding carboxylic acids is 1. The van der Waals surface area contributed by atoms with E-state index in [2.05, 4.69) is 10.4 Å². The summed E-state index contributed by atoms with van der Waals surface area (Å²) in [5.41, 5.74) is 1.33. The van der Waals surface area contributed by atoms with E-state index in [1.165, 1.54) is 24.4 Å². The number of methoxy groups -OCH3 is 1. The summed E-state index contributed by atoms with van der Waals surface area (Å²) in [5.74, 6) is -0.594. The molecule has 0 aliphatic carbocycles. The Labute approximate surface area is 115 Å². The van der Waals surface area contributed by atoms with Crippen molar-refractivity contribution in [1.29, 1.82) is 0 Å². The smallest absolute Gasteiger partial charge is 0.248 e. The van der Waals surface area contributed by atoms with Crippen LogP contribution in [0.15, 0.2) is 42.7 Å². The van der Waals surface area contributed by atoms with E-state index in [1.54, 1.807) is 36.2 Å². The Kier molecular flexibility index (Phi) is 4.62. The predicted molar refractivity (Wildman–Crippen MR) is 73.3 cm³/mol. The minimum atomic E-state index is -0.308. The second-order valence-electron chi connectivity index (χ2n) is 4.06. The van der Waals surface area contributed by atoms with Crippen molar-refractivity contribution in [3.63, 3.8) is 0 Å². The van der Waals surface area contributed by atoms with Crippen LogP contribution in [0.3, 0.4) is 0 Å². The van der Waals surface area contributed by atoms with Gasteiger partial charge >= 0.3 is 0 Å². The Morgan fingerprint density at radius 3 is 2.90 bits per heavy atom. The Morgan fingerprint density at radius 1 is 1.45 bits per heavy atom. The van der Waals surface area contributed by atoms with Gasteiger partial charge in [-0.15, -0.1) is 0 Å². The summed E-state index contributed by atoms with van der Waals surface area (Å²) in [6, 6.07) is 5.87. The molecule has 0 aliphatic rings. The number of nitrogens with zero attached hydrogens (tertiary/aromatic N) is 2. The molecule has 5 nitrogen and oxygen atoms in total. The van der Waals surface area contributed by atoms with Crippen LogP contribution in [0, 0.1) is 5.82 Å². The molecule has 0 aliphatic heterocycles. The van der Waals surface area contributed by atoms with Gasteiger partial charge in [0.2, 0.25) is 5.91 Å². The molecule has 1 aromatic carbocycles. The zero-order valence-electron chi connectivity index (χ0n) is 10.9. The van der Waals surface area contributed by atoms with E-state index < -0.39 is 0 Å². The number of aromatic nitrogens is 2. The Bertz CT molecular complexity index is 605. The van der Waals surface area contributed by atoms with Crippen LogP contribution in [0.2, 0.25) is 0 Å².